The van der Waals surface area contributed by atoms with Gasteiger partial charge in [0.2, 0.25) is 5.75 Å². The van der Waals surface area contributed by atoms with Crippen LogP contribution in [0.1, 0.15) is 28.5 Å². The van der Waals surface area contributed by atoms with Crippen LogP contribution in [0.2, 0.25) is 0 Å². The Labute approximate surface area is 181 Å². The zero-order valence-corrected chi connectivity index (χ0v) is 17.8. The van der Waals surface area contributed by atoms with Crippen molar-refractivity contribution in [1.82, 2.24) is 20.2 Å². The molecule has 0 radical (unpaired) electrons. The summed E-state index contributed by atoms with van der Waals surface area (Å²) >= 11 is 0. The van der Waals surface area contributed by atoms with Gasteiger partial charge in [-0.2, -0.15) is 4.98 Å². The number of hydrogen-bond donors (Lipinski definition) is 3. The summed E-state index contributed by atoms with van der Waals surface area (Å²) < 4.78 is 5.56. The van der Waals surface area contributed by atoms with Crippen molar-refractivity contribution >= 4 is 5.91 Å². The van der Waals surface area contributed by atoms with E-state index in [1.807, 2.05) is 74.4 Å². The van der Waals surface area contributed by atoms with Gasteiger partial charge in [0.25, 0.3) is 11.8 Å². The maximum absolute atomic E-state index is 12.7. The lowest BCUT2D eigenvalue weighted by Crippen LogP contribution is -2.24. The summed E-state index contributed by atoms with van der Waals surface area (Å²) in [4.78, 5) is 22.9. The Balaban J connectivity index is 1.81. The van der Waals surface area contributed by atoms with Crippen molar-refractivity contribution in [3.05, 3.63) is 65.4 Å². The molecular formula is C23H26N4O4. The summed E-state index contributed by atoms with van der Waals surface area (Å²) in [6.45, 7) is 3.33. The van der Waals surface area contributed by atoms with Gasteiger partial charge < -0.3 is 25.2 Å². The van der Waals surface area contributed by atoms with Crippen molar-refractivity contribution < 1.29 is 19.7 Å². The van der Waals surface area contributed by atoms with Crippen LogP contribution in [0, 0.1) is 0 Å². The van der Waals surface area contributed by atoms with E-state index in [1.54, 1.807) is 0 Å². The fraction of sp³-hybridized carbons (Fsp3) is 0.261. The standard InChI is InChI=1S/C23H26N4O4/c1-4-31-18-8-6-5-7-17(18)13-24-22(29)19-20(28)23(30)26-21(25-19)16-11-9-15(10-12-16)14-27(2)3/h5-12,28H,4,13-14H2,1-3H3,(H,24,29)(H,25,26,30). The molecule has 0 saturated carbocycles. The third-order valence-electron chi connectivity index (χ3n) is 4.50. The molecule has 1 heterocycles. The lowest BCUT2D eigenvalue weighted by Gasteiger charge is -2.12. The van der Waals surface area contributed by atoms with Gasteiger partial charge in [-0.25, -0.2) is 4.98 Å². The number of para-hydroxylation sites is 1. The molecule has 0 unspecified atom stereocenters. The van der Waals surface area contributed by atoms with Gasteiger partial charge in [-0.05, 0) is 32.6 Å². The van der Waals surface area contributed by atoms with E-state index in [0.717, 1.165) is 17.7 Å². The SMILES string of the molecule is CCOc1ccccc1CNC(=O)c1nc(-c2ccc(CN(C)C)cc2)nc(O)c1O. The van der Waals surface area contributed by atoms with E-state index in [4.69, 9.17) is 4.74 Å². The Morgan fingerprint density at radius 1 is 1.06 bits per heavy atom. The lowest BCUT2D eigenvalue weighted by molar-refractivity contribution is 0.0941. The van der Waals surface area contributed by atoms with Crippen LogP contribution in [-0.2, 0) is 13.1 Å². The highest BCUT2D eigenvalue weighted by Crippen LogP contribution is 2.29. The zero-order chi connectivity index (χ0) is 22.4. The second-order valence-corrected chi connectivity index (χ2v) is 7.23. The topological polar surface area (TPSA) is 108 Å². The Bertz CT molecular complexity index is 1050. The molecule has 1 aromatic heterocycles. The molecule has 8 nitrogen and oxygen atoms in total. The fourth-order valence-corrected chi connectivity index (χ4v) is 3.06. The number of rotatable bonds is 8. The number of ether oxygens (including phenoxy) is 1. The molecule has 1 amide bonds. The first kappa shape index (κ1) is 22.0. The lowest BCUT2D eigenvalue weighted by atomic mass is 10.1. The van der Waals surface area contributed by atoms with Crippen LogP contribution in [0.4, 0.5) is 0 Å². The van der Waals surface area contributed by atoms with Gasteiger partial charge in [-0.1, -0.05) is 42.5 Å². The van der Waals surface area contributed by atoms with Crippen molar-refractivity contribution in [2.24, 2.45) is 0 Å². The van der Waals surface area contributed by atoms with Crippen LogP contribution in [0.5, 0.6) is 17.4 Å². The van der Waals surface area contributed by atoms with Crippen LogP contribution in [0.3, 0.4) is 0 Å². The van der Waals surface area contributed by atoms with Gasteiger partial charge in [0, 0.05) is 24.2 Å². The maximum atomic E-state index is 12.7. The van der Waals surface area contributed by atoms with Crippen LogP contribution < -0.4 is 10.1 Å². The molecule has 3 aromatic rings. The molecule has 0 saturated heterocycles. The number of nitrogens with one attached hydrogen (secondary N) is 1. The van der Waals surface area contributed by atoms with E-state index >= 15 is 0 Å². The average molecular weight is 422 g/mol. The first-order valence-corrected chi connectivity index (χ1v) is 9.92. The van der Waals surface area contributed by atoms with Crippen molar-refractivity contribution in [2.75, 3.05) is 20.7 Å². The molecule has 31 heavy (non-hydrogen) atoms. The second-order valence-electron chi connectivity index (χ2n) is 7.23. The van der Waals surface area contributed by atoms with Gasteiger partial charge in [0.05, 0.1) is 6.61 Å². The Hall–Kier alpha value is -3.65. The molecule has 0 bridgehead atoms. The average Bonchev–Trinajstić information content (AvgIpc) is 2.75. The molecule has 0 fully saturated rings. The van der Waals surface area contributed by atoms with Gasteiger partial charge in [-0.3, -0.25) is 4.79 Å². The normalized spacial score (nSPS) is 10.8. The van der Waals surface area contributed by atoms with Gasteiger partial charge in [0.15, 0.2) is 11.5 Å². The van der Waals surface area contributed by atoms with Gasteiger partial charge in [0.1, 0.15) is 5.75 Å². The molecule has 8 heteroatoms. The molecule has 162 valence electrons. The summed E-state index contributed by atoms with van der Waals surface area (Å²) in [7, 11) is 3.96. The third-order valence-corrected chi connectivity index (χ3v) is 4.50. The van der Waals surface area contributed by atoms with Gasteiger partial charge >= 0.3 is 0 Å². The number of aromatic hydroxyl groups is 2. The Kier molecular flexibility index (Phi) is 7.04. The highest BCUT2D eigenvalue weighted by atomic mass is 16.5. The molecule has 0 spiro atoms. The molecule has 3 N–H and O–H groups in total. The quantitative estimate of drug-likeness (QED) is 0.512. The smallest absolute Gasteiger partial charge is 0.274 e. The first-order chi connectivity index (χ1) is 14.9. The predicted molar refractivity (Wildman–Crippen MR) is 117 cm³/mol. The molecule has 0 aliphatic carbocycles. The summed E-state index contributed by atoms with van der Waals surface area (Å²) in [6.07, 6.45) is 0. The molecule has 0 aliphatic heterocycles. The van der Waals surface area contributed by atoms with Crippen molar-refractivity contribution in [2.45, 2.75) is 20.0 Å². The number of benzene rings is 2. The summed E-state index contributed by atoms with van der Waals surface area (Å²) in [6, 6.07) is 14.8. The minimum absolute atomic E-state index is 0.145. The Morgan fingerprint density at radius 3 is 2.45 bits per heavy atom. The predicted octanol–water partition coefficient (Wildman–Crippen LogP) is 2.95. The number of amides is 1. The number of aromatic nitrogens is 2. The van der Waals surface area contributed by atoms with E-state index in [1.165, 1.54) is 0 Å². The number of hydrogen-bond acceptors (Lipinski definition) is 7. The number of carbonyl (C=O) groups excluding carboxylic acids is 1. The maximum Gasteiger partial charge on any atom is 0.274 e. The van der Waals surface area contributed by atoms with E-state index in [0.29, 0.717) is 17.9 Å². The van der Waals surface area contributed by atoms with Crippen LogP contribution in [0.25, 0.3) is 11.4 Å². The van der Waals surface area contributed by atoms with E-state index in [2.05, 4.69) is 15.3 Å². The van der Waals surface area contributed by atoms with Crippen molar-refractivity contribution in [1.29, 1.82) is 0 Å². The minimum atomic E-state index is -0.663. The monoisotopic (exact) mass is 422 g/mol. The minimum Gasteiger partial charge on any atom is -0.501 e. The van der Waals surface area contributed by atoms with Crippen molar-refractivity contribution in [3.8, 4) is 28.8 Å². The van der Waals surface area contributed by atoms with E-state index in [-0.39, 0.29) is 18.1 Å². The second kappa shape index (κ2) is 9.90. The van der Waals surface area contributed by atoms with E-state index < -0.39 is 17.5 Å². The zero-order valence-electron chi connectivity index (χ0n) is 17.8. The van der Waals surface area contributed by atoms with Crippen LogP contribution >= 0.6 is 0 Å². The number of nitrogens with zero attached hydrogens (tertiary/aromatic N) is 3. The molecular weight excluding hydrogens is 396 g/mol. The summed E-state index contributed by atoms with van der Waals surface area (Å²) in [5, 5.41) is 22.9. The largest absolute Gasteiger partial charge is 0.501 e. The highest BCUT2D eigenvalue weighted by Gasteiger charge is 2.20. The fourth-order valence-electron chi connectivity index (χ4n) is 3.06. The van der Waals surface area contributed by atoms with Gasteiger partial charge in [-0.15, -0.1) is 0 Å². The molecule has 2 aromatic carbocycles. The highest BCUT2D eigenvalue weighted by molar-refractivity contribution is 5.95. The summed E-state index contributed by atoms with van der Waals surface area (Å²) in [5.74, 6) is -1.14. The Morgan fingerprint density at radius 2 is 1.77 bits per heavy atom. The first-order valence-electron chi connectivity index (χ1n) is 9.92. The summed E-state index contributed by atoms with van der Waals surface area (Å²) in [5.41, 5.74) is 2.21. The van der Waals surface area contributed by atoms with E-state index in [9.17, 15) is 15.0 Å². The third kappa shape index (κ3) is 5.49. The molecule has 0 aliphatic rings. The molecule has 0 atom stereocenters. The van der Waals surface area contributed by atoms with Crippen LogP contribution in [0.15, 0.2) is 48.5 Å². The molecule has 3 rings (SSSR count). The number of carbonyl (C=O) groups is 1. The van der Waals surface area contributed by atoms with Crippen LogP contribution in [-0.4, -0.2) is 51.7 Å². The van der Waals surface area contributed by atoms with Crippen molar-refractivity contribution in [3.63, 3.8) is 0 Å².